The second-order valence-electron chi connectivity index (χ2n) is 8.52. The van der Waals surface area contributed by atoms with Gasteiger partial charge in [0.1, 0.15) is 11.5 Å². The van der Waals surface area contributed by atoms with Gasteiger partial charge in [0, 0.05) is 17.5 Å². The largest absolute Gasteiger partial charge is 0.456 e. The van der Waals surface area contributed by atoms with Gasteiger partial charge in [-0.3, -0.25) is 9.89 Å². The highest BCUT2D eigenvalue weighted by Crippen LogP contribution is 2.30. The first kappa shape index (κ1) is 26.5. The van der Waals surface area contributed by atoms with Crippen LogP contribution >= 0.6 is 11.8 Å². The summed E-state index contributed by atoms with van der Waals surface area (Å²) < 4.78 is 6.01. The number of ether oxygens (including phenoxy) is 1. The third-order valence-corrected chi connectivity index (χ3v) is 6.58. The van der Waals surface area contributed by atoms with E-state index in [0.29, 0.717) is 27.7 Å². The molecule has 186 valence electrons. The van der Waals surface area contributed by atoms with E-state index in [1.165, 1.54) is 37.7 Å². The molecule has 4 rings (SSSR count). The Labute approximate surface area is 211 Å². The maximum Gasteiger partial charge on any atom is 0.256 e. The topological polar surface area (TPSA) is 91.9 Å². The molecule has 1 aromatic carbocycles. The van der Waals surface area contributed by atoms with Gasteiger partial charge in [0.25, 0.3) is 5.91 Å². The number of allylic oxidation sites excluding steroid dienone is 2. The Hall–Kier alpha value is -3.10. The normalized spacial score (nSPS) is 15.8. The molecular weight excluding hydrogens is 458 g/mol. The number of hydrogen-bond donors (Lipinski definition) is 3. The highest BCUT2D eigenvalue weighted by Gasteiger charge is 2.13. The van der Waals surface area contributed by atoms with E-state index in [9.17, 15) is 4.79 Å². The van der Waals surface area contributed by atoms with E-state index in [-0.39, 0.29) is 5.91 Å². The van der Waals surface area contributed by atoms with Crippen LogP contribution in [0, 0.1) is 5.92 Å². The number of nitrogens with one attached hydrogen (secondary N) is 3. The van der Waals surface area contributed by atoms with Crippen LogP contribution in [0.1, 0.15) is 56.6 Å². The number of aromatic amines is 1. The van der Waals surface area contributed by atoms with Crippen molar-refractivity contribution in [3.05, 3.63) is 70.4 Å². The summed E-state index contributed by atoms with van der Waals surface area (Å²) in [4.78, 5) is 17.7. The van der Waals surface area contributed by atoms with Crippen molar-refractivity contribution in [1.82, 2.24) is 25.8 Å². The molecule has 1 fully saturated rings. The SMILES string of the molecule is C=C(NC(=O)c1ccc(Oc2ccnc3n[nH]c(CC)c23)cc1)S/C(C)=C\C.CC1CCCNC1. The Morgan fingerprint density at radius 1 is 1.31 bits per heavy atom. The van der Waals surface area contributed by atoms with Gasteiger partial charge in [0.2, 0.25) is 0 Å². The van der Waals surface area contributed by atoms with E-state index in [1.54, 1.807) is 30.5 Å². The molecule has 0 aliphatic carbocycles. The number of pyridine rings is 1. The minimum atomic E-state index is -0.206. The first-order chi connectivity index (χ1) is 16.9. The number of H-pyrrole nitrogens is 1. The molecule has 1 aliphatic heterocycles. The molecule has 2 aromatic heterocycles. The number of benzene rings is 1. The Balaban J connectivity index is 0.000000420. The number of amides is 1. The third kappa shape index (κ3) is 7.70. The standard InChI is InChI=1S/C21H22N4O2S.C6H13N/c1-5-13(3)28-14(4)23-21(26)15-7-9-16(10-8-15)27-18-11-12-22-20-19(18)17(6-2)24-25-20;1-6-3-2-4-7-5-6/h5,7-12H,4,6H2,1-3H3,(H,23,26)(H,22,24,25);6-7H,2-5H2,1H3/b13-5-;. The number of thioether (sulfide) groups is 1. The van der Waals surface area contributed by atoms with Crippen molar-refractivity contribution < 1.29 is 9.53 Å². The lowest BCUT2D eigenvalue weighted by atomic mass is 10.0. The molecule has 8 heteroatoms. The summed E-state index contributed by atoms with van der Waals surface area (Å²) in [6, 6.07) is 8.78. The molecular formula is C27H35N5O2S. The zero-order valence-electron chi connectivity index (χ0n) is 21.0. The highest BCUT2D eigenvalue weighted by molar-refractivity contribution is 8.06. The van der Waals surface area contributed by atoms with E-state index in [1.807, 2.05) is 32.9 Å². The van der Waals surface area contributed by atoms with Gasteiger partial charge in [-0.2, -0.15) is 5.10 Å². The van der Waals surface area contributed by atoms with Crippen LogP contribution in [0.4, 0.5) is 0 Å². The average molecular weight is 494 g/mol. The van der Waals surface area contributed by atoms with Gasteiger partial charge in [-0.05, 0) is 87.4 Å². The third-order valence-electron chi connectivity index (χ3n) is 5.68. The number of nitrogens with zero attached hydrogens (tertiary/aromatic N) is 2. The van der Waals surface area contributed by atoms with Crippen molar-refractivity contribution in [2.75, 3.05) is 13.1 Å². The molecule has 3 N–H and O–H groups in total. The molecule has 0 saturated carbocycles. The number of piperidine rings is 1. The van der Waals surface area contributed by atoms with Gasteiger partial charge >= 0.3 is 0 Å². The first-order valence-electron chi connectivity index (χ1n) is 12.0. The molecule has 35 heavy (non-hydrogen) atoms. The Morgan fingerprint density at radius 2 is 2.09 bits per heavy atom. The molecule has 0 radical (unpaired) electrons. The molecule has 1 saturated heterocycles. The number of aryl methyl sites for hydroxylation is 1. The number of carbonyl (C=O) groups excluding carboxylic acids is 1. The Morgan fingerprint density at radius 3 is 2.69 bits per heavy atom. The molecule has 0 spiro atoms. The van der Waals surface area contributed by atoms with Crippen molar-refractivity contribution in [2.24, 2.45) is 5.92 Å². The fourth-order valence-electron chi connectivity index (χ4n) is 3.62. The molecule has 1 amide bonds. The predicted molar refractivity (Wildman–Crippen MR) is 145 cm³/mol. The summed E-state index contributed by atoms with van der Waals surface area (Å²) in [5.41, 5.74) is 2.13. The summed E-state index contributed by atoms with van der Waals surface area (Å²) in [7, 11) is 0. The average Bonchev–Trinajstić information content (AvgIpc) is 3.29. The zero-order chi connectivity index (χ0) is 25.2. The van der Waals surface area contributed by atoms with Crippen LogP contribution in [0.15, 0.2) is 59.1 Å². The number of hydrogen-bond acceptors (Lipinski definition) is 6. The summed E-state index contributed by atoms with van der Waals surface area (Å²) in [5, 5.41) is 14.8. The number of carbonyl (C=O) groups is 1. The fourth-order valence-corrected chi connectivity index (χ4v) is 4.27. The van der Waals surface area contributed by atoms with Crippen LogP contribution in [0.25, 0.3) is 11.0 Å². The summed E-state index contributed by atoms with van der Waals surface area (Å²) in [5.74, 6) is 2.03. The second kappa shape index (κ2) is 13.1. The summed E-state index contributed by atoms with van der Waals surface area (Å²) >= 11 is 1.43. The van der Waals surface area contributed by atoms with Gasteiger partial charge < -0.3 is 15.4 Å². The smallest absolute Gasteiger partial charge is 0.256 e. The van der Waals surface area contributed by atoms with Crippen LogP contribution in [0.2, 0.25) is 0 Å². The van der Waals surface area contributed by atoms with Crippen molar-refractivity contribution in [3.63, 3.8) is 0 Å². The van der Waals surface area contributed by atoms with Crippen LogP contribution in [0.3, 0.4) is 0 Å². The Bertz CT molecular complexity index is 1160. The lowest BCUT2D eigenvalue weighted by molar-refractivity contribution is 0.0969. The number of aromatic nitrogens is 3. The van der Waals surface area contributed by atoms with Crippen molar-refractivity contribution >= 4 is 28.7 Å². The van der Waals surface area contributed by atoms with E-state index >= 15 is 0 Å². The lowest BCUT2D eigenvalue weighted by Gasteiger charge is -2.17. The molecule has 1 unspecified atom stereocenters. The van der Waals surface area contributed by atoms with E-state index < -0.39 is 0 Å². The van der Waals surface area contributed by atoms with Crippen LogP contribution in [-0.2, 0) is 6.42 Å². The predicted octanol–water partition coefficient (Wildman–Crippen LogP) is 6.18. The van der Waals surface area contributed by atoms with Gasteiger partial charge in [0.05, 0.1) is 10.4 Å². The van der Waals surface area contributed by atoms with E-state index in [4.69, 9.17) is 4.74 Å². The van der Waals surface area contributed by atoms with Gasteiger partial charge in [0.15, 0.2) is 5.65 Å². The molecule has 7 nitrogen and oxygen atoms in total. The summed E-state index contributed by atoms with van der Waals surface area (Å²) in [6.45, 7) is 14.6. The minimum Gasteiger partial charge on any atom is -0.456 e. The summed E-state index contributed by atoms with van der Waals surface area (Å²) in [6.07, 6.45) is 7.23. The minimum absolute atomic E-state index is 0.206. The molecule has 0 bridgehead atoms. The fraction of sp³-hybridized carbons (Fsp3) is 0.370. The number of fused-ring (bicyclic) bond motifs is 1. The zero-order valence-corrected chi connectivity index (χ0v) is 21.8. The quantitative estimate of drug-likeness (QED) is 0.364. The van der Waals surface area contributed by atoms with E-state index in [0.717, 1.165) is 28.3 Å². The molecule has 1 atom stereocenters. The van der Waals surface area contributed by atoms with Crippen LogP contribution in [0.5, 0.6) is 11.5 Å². The Kier molecular flexibility index (Phi) is 9.93. The second-order valence-corrected chi connectivity index (χ2v) is 9.86. The van der Waals surface area contributed by atoms with Crippen molar-refractivity contribution in [3.8, 4) is 11.5 Å². The van der Waals surface area contributed by atoms with E-state index in [2.05, 4.69) is 39.3 Å². The molecule has 1 aliphatic rings. The number of rotatable bonds is 7. The molecule has 3 heterocycles. The highest BCUT2D eigenvalue weighted by atomic mass is 32.2. The first-order valence-corrected chi connectivity index (χ1v) is 12.8. The maximum absolute atomic E-state index is 12.4. The van der Waals surface area contributed by atoms with Gasteiger partial charge in [-0.25, -0.2) is 4.98 Å². The van der Waals surface area contributed by atoms with Gasteiger partial charge in [-0.1, -0.05) is 38.3 Å². The van der Waals surface area contributed by atoms with Crippen molar-refractivity contribution in [2.45, 2.75) is 47.0 Å². The maximum atomic E-state index is 12.4. The molecule has 3 aromatic rings. The monoisotopic (exact) mass is 493 g/mol. The lowest BCUT2D eigenvalue weighted by Crippen LogP contribution is -2.27. The van der Waals surface area contributed by atoms with Gasteiger partial charge in [-0.15, -0.1) is 0 Å². The van der Waals surface area contributed by atoms with Crippen LogP contribution in [-0.4, -0.2) is 34.2 Å². The van der Waals surface area contributed by atoms with Crippen LogP contribution < -0.4 is 15.4 Å². The van der Waals surface area contributed by atoms with Crippen molar-refractivity contribution in [1.29, 1.82) is 0 Å².